The predicted molar refractivity (Wildman–Crippen MR) is 156 cm³/mol. The van der Waals surface area contributed by atoms with Crippen molar-refractivity contribution >= 4 is 46.2 Å². The van der Waals surface area contributed by atoms with E-state index in [1.807, 2.05) is 11.8 Å². The number of rotatable bonds is 4. The first-order chi connectivity index (χ1) is 19.7. The van der Waals surface area contributed by atoms with Crippen LogP contribution in [0.3, 0.4) is 0 Å². The first-order valence-corrected chi connectivity index (χ1v) is 13.5. The number of piperazine rings is 1. The number of anilines is 1. The van der Waals surface area contributed by atoms with Gasteiger partial charge in [0, 0.05) is 44.0 Å². The molecule has 5 heterocycles. The summed E-state index contributed by atoms with van der Waals surface area (Å²) in [5.41, 5.74) is 0.326. The smallest absolute Gasteiger partial charge is 0.354 e. The molecule has 0 bridgehead atoms. The number of aromatic nitrogens is 3. The number of pyridine rings is 3. The number of hydrogen-bond donors (Lipinski definition) is 2. The van der Waals surface area contributed by atoms with Gasteiger partial charge >= 0.3 is 11.9 Å². The van der Waals surface area contributed by atoms with Crippen LogP contribution in [-0.2, 0) is 0 Å². The van der Waals surface area contributed by atoms with Crippen LogP contribution >= 0.6 is 11.8 Å². The van der Waals surface area contributed by atoms with Crippen LogP contribution in [0.4, 0.5) is 10.1 Å². The summed E-state index contributed by atoms with van der Waals surface area (Å²) in [6.45, 7) is 3.58. The molecule has 42 heavy (non-hydrogen) atoms. The summed E-state index contributed by atoms with van der Waals surface area (Å²) >= 11 is 1.31. The molecule has 1 atom stereocenters. The van der Waals surface area contributed by atoms with Gasteiger partial charge in [-0.15, -0.1) is 0 Å². The van der Waals surface area contributed by atoms with Crippen molar-refractivity contribution in [3.63, 3.8) is 0 Å². The van der Waals surface area contributed by atoms with E-state index in [0.717, 1.165) is 6.07 Å². The van der Waals surface area contributed by atoms with Gasteiger partial charge in [-0.1, -0.05) is 31.3 Å². The van der Waals surface area contributed by atoms with Gasteiger partial charge in [0.2, 0.25) is 5.43 Å². The second-order valence-corrected chi connectivity index (χ2v) is 10.5. The second kappa shape index (κ2) is 12.4. The first kappa shape index (κ1) is 30.2. The van der Waals surface area contributed by atoms with E-state index < -0.39 is 23.2 Å². The maximum atomic E-state index is 15.1. The Kier molecular flexibility index (Phi) is 8.90. The molecule has 2 aliphatic rings. The number of nitrogens with zero attached hydrogens (tertiary/aromatic N) is 5. The third-order valence-corrected chi connectivity index (χ3v) is 7.94. The average Bonchev–Trinajstić information content (AvgIpc) is 2.98. The Morgan fingerprint density at radius 3 is 2.05 bits per heavy atom. The van der Waals surface area contributed by atoms with Gasteiger partial charge in [0.05, 0.1) is 21.6 Å². The van der Waals surface area contributed by atoms with Crippen molar-refractivity contribution in [1.82, 2.24) is 19.4 Å². The van der Waals surface area contributed by atoms with E-state index in [1.165, 1.54) is 24.0 Å². The van der Waals surface area contributed by atoms with Crippen molar-refractivity contribution in [2.24, 2.45) is 0 Å². The minimum absolute atomic E-state index is 0. The normalized spacial score (nSPS) is 15.4. The molecule has 1 saturated heterocycles. The molecule has 3 aromatic heterocycles. The SMILES string of the molecule is C.CC1Sc2c(C(=O)O)c(=O)c3cc(F)c(N4CCN(C(=O)c5ccccn5)CC4)cc3n21.O=C(O)c1ccccn1. The monoisotopic (exact) mass is 593 g/mol. The van der Waals surface area contributed by atoms with Crippen molar-refractivity contribution in [1.29, 1.82) is 0 Å². The molecule has 1 fully saturated rings. The lowest BCUT2D eigenvalue weighted by molar-refractivity contribution is 0.0679. The molecule has 1 aromatic carbocycles. The minimum Gasteiger partial charge on any atom is -0.477 e. The summed E-state index contributed by atoms with van der Waals surface area (Å²) < 4.78 is 16.8. The van der Waals surface area contributed by atoms with E-state index >= 15 is 4.39 Å². The molecule has 0 spiro atoms. The number of carboxylic acids is 2. The zero-order valence-corrected chi connectivity index (χ0v) is 22.5. The van der Waals surface area contributed by atoms with Gasteiger partial charge in [-0.2, -0.15) is 0 Å². The summed E-state index contributed by atoms with van der Waals surface area (Å²) in [5.74, 6) is -3.05. The number of carbonyl (C=O) groups is 3. The fourth-order valence-electron chi connectivity index (χ4n) is 4.76. The van der Waals surface area contributed by atoms with E-state index in [9.17, 15) is 24.3 Å². The summed E-state index contributed by atoms with van der Waals surface area (Å²) in [5, 5.41) is 18.2. The highest BCUT2D eigenvalue weighted by Crippen LogP contribution is 2.46. The molecule has 0 radical (unpaired) electrons. The number of carboxylic acid groups (broad SMARTS) is 2. The minimum atomic E-state index is -1.31. The highest BCUT2D eigenvalue weighted by Gasteiger charge is 2.33. The topological polar surface area (TPSA) is 146 Å². The predicted octanol–water partition coefficient (Wildman–Crippen LogP) is 4.24. The molecule has 2 aliphatic heterocycles. The van der Waals surface area contributed by atoms with Crippen LogP contribution in [0.1, 0.15) is 51.1 Å². The van der Waals surface area contributed by atoms with Crippen molar-refractivity contribution in [3.05, 3.63) is 93.9 Å². The Bertz CT molecular complexity index is 1710. The number of hydrogen-bond acceptors (Lipinski definition) is 8. The van der Waals surface area contributed by atoms with Crippen molar-refractivity contribution < 1.29 is 29.0 Å². The molecule has 1 amide bonds. The first-order valence-electron chi connectivity index (χ1n) is 12.6. The number of thioether (sulfide) groups is 1. The van der Waals surface area contributed by atoms with Gasteiger partial charge in [0.25, 0.3) is 5.91 Å². The van der Waals surface area contributed by atoms with Crippen molar-refractivity contribution in [2.75, 3.05) is 31.1 Å². The lowest BCUT2D eigenvalue weighted by Gasteiger charge is -2.37. The molecule has 218 valence electrons. The number of carbonyl (C=O) groups excluding carboxylic acids is 1. The Balaban J connectivity index is 0.000000349. The van der Waals surface area contributed by atoms with E-state index in [2.05, 4.69) is 9.97 Å². The third kappa shape index (κ3) is 5.68. The highest BCUT2D eigenvalue weighted by molar-refractivity contribution is 8.00. The molecule has 2 N–H and O–H groups in total. The van der Waals surface area contributed by atoms with Crippen molar-refractivity contribution in [2.45, 2.75) is 24.8 Å². The van der Waals surface area contributed by atoms with E-state index in [-0.39, 0.29) is 35.4 Å². The molecule has 11 nitrogen and oxygen atoms in total. The summed E-state index contributed by atoms with van der Waals surface area (Å²) in [4.78, 5) is 58.3. The Hall–Kier alpha value is -4.78. The van der Waals surface area contributed by atoms with Crippen LogP contribution in [0.2, 0.25) is 0 Å². The lowest BCUT2D eigenvalue weighted by atomic mass is 10.1. The quantitative estimate of drug-likeness (QED) is 0.352. The summed E-state index contributed by atoms with van der Waals surface area (Å²) in [7, 11) is 0. The molecule has 13 heteroatoms. The fraction of sp³-hybridized carbons (Fsp3) is 0.241. The van der Waals surface area contributed by atoms with Gasteiger partial charge in [-0.05, 0) is 43.3 Å². The number of aromatic carboxylic acids is 2. The van der Waals surface area contributed by atoms with Gasteiger partial charge in [-0.3, -0.25) is 14.6 Å². The number of halogens is 1. The van der Waals surface area contributed by atoms with E-state index in [4.69, 9.17) is 5.11 Å². The zero-order chi connectivity index (χ0) is 29.3. The molecular formula is C29H28FN5O6S. The lowest BCUT2D eigenvalue weighted by Crippen LogP contribution is -2.49. The Labute approximate surface area is 244 Å². The Morgan fingerprint density at radius 2 is 1.55 bits per heavy atom. The van der Waals surface area contributed by atoms with Gasteiger partial charge in [0.15, 0.2) is 0 Å². The van der Waals surface area contributed by atoms with E-state index in [1.54, 1.807) is 52.1 Å². The highest BCUT2D eigenvalue weighted by atomic mass is 32.2. The third-order valence-electron chi connectivity index (χ3n) is 6.76. The fourth-order valence-corrected chi connectivity index (χ4v) is 5.91. The van der Waals surface area contributed by atoms with Crippen LogP contribution in [0.25, 0.3) is 10.9 Å². The number of benzene rings is 1. The van der Waals surface area contributed by atoms with Crippen LogP contribution in [0, 0.1) is 5.82 Å². The molecule has 0 aliphatic carbocycles. The maximum Gasteiger partial charge on any atom is 0.354 e. The molecular weight excluding hydrogens is 565 g/mol. The van der Waals surface area contributed by atoms with Gasteiger partial charge in [-0.25, -0.2) is 19.0 Å². The average molecular weight is 594 g/mol. The molecule has 6 rings (SSSR count). The summed E-state index contributed by atoms with van der Waals surface area (Å²) in [6.07, 6.45) is 3.02. The molecule has 4 aromatic rings. The van der Waals surface area contributed by atoms with Crippen LogP contribution in [-0.4, -0.2) is 73.7 Å². The standard InChI is InChI=1S/C22H19FN4O4S.C6H5NO2.CH4/c1-12-27-16-11-17(14(23)10-13(16)19(28)18(22(30)31)21(27)32-12)25-6-8-26(9-7-25)20(29)15-4-2-3-5-24-15;8-6(9)5-3-1-2-4-7-5;/h2-5,10-12H,6-9H2,1H3,(H,30,31);1-4H,(H,8,9);1H4. The Morgan fingerprint density at radius 1 is 0.929 bits per heavy atom. The largest absolute Gasteiger partial charge is 0.477 e. The van der Waals surface area contributed by atoms with Gasteiger partial charge < -0.3 is 24.6 Å². The van der Waals surface area contributed by atoms with Crippen molar-refractivity contribution in [3.8, 4) is 0 Å². The van der Waals surface area contributed by atoms with Crippen LogP contribution < -0.4 is 10.3 Å². The number of fused-ring (bicyclic) bond motifs is 3. The number of amides is 1. The van der Waals surface area contributed by atoms with Crippen LogP contribution in [0.5, 0.6) is 0 Å². The maximum absolute atomic E-state index is 15.1. The van der Waals surface area contributed by atoms with Gasteiger partial charge in [0.1, 0.15) is 22.8 Å². The second-order valence-electron chi connectivity index (χ2n) is 9.24. The molecule has 1 unspecified atom stereocenters. The van der Waals surface area contributed by atoms with E-state index in [0.29, 0.717) is 48.1 Å². The summed E-state index contributed by atoms with van der Waals surface area (Å²) in [6, 6.07) is 12.7. The van der Waals surface area contributed by atoms with Crippen LogP contribution in [0.15, 0.2) is 70.7 Å². The molecule has 0 saturated carbocycles. The zero-order valence-electron chi connectivity index (χ0n) is 21.7.